The maximum absolute atomic E-state index is 13.1. The van der Waals surface area contributed by atoms with E-state index in [4.69, 9.17) is 4.74 Å². The summed E-state index contributed by atoms with van der Waals surface area (Å²) in [5.41, 5.74) is 0.708. The Hall–Kier alpha value is -1.78. The van der Waals surface area contributed by atoms with Crippen LogP contribution in [0.3, 0.4) is 0 Å². The third-order valence-electron chi connectivity index (χ3n) is 4.00. The molecule has 1 aromatic rings. The van der Waals surface area contributed by atoms with Crippen LogP contribution < -0.4 is 15.3 Å². The van der Waals surface area contributed by atoms with Crippen LogP contribution in [0.2, 0.25) is 0 Å². The fourth-order valence-corrected chi connectivity index (χ4v) is 2.86. The Morgan fingerprint density at radius 1 is 1.29 bits per heavy atom. The first-order valence-electron chi connectivity index (χ1n) is 6.86. The molecule has 0 amide bonds. The summed E-state index contributed by atoms with van der Waals surface area (Å²) >= 11 is 0. The van der Waals surface area contributed by atoms with Gasteiger partial charge in [0.15, 0.2) is 0 Å². The predicted octanol–water partition coefficient (Wildman–Crippen LogP) is 2.96. The van der Waals surface area contributed by atoms with E-state index in [2.05, 4.69) is 4.99 Å². The predicted molar refractivity (Wildman–Crippen MR) is 73.6 cm³/mol. The highest BCUT2D eigenvalue weighted by Gasteiger charge is 2.35. The number of nitrogens with zero attached hydrogens (tertiary/aromatic N) is 1. The van der Waals surface area contributed by atoms with Gasteiger partial charge in [0.05, 0.1) is 22.7 Å². The molecule has 0 saturated heterocycles. The third kappa shape index (κ3) is 2.34. The Kier molecular flexibility index (Phi) is 2.94. The summed E-state index contributed by atoms with van der Waals surface area (Å²) in [5, 5.41) is 0.901. The van der Waals surface area contributed by atoms with Crippen molar-refractivity contribution in [2.75, 3.05) is 0 Å². The number of fused-ring (bicyclic) bond motifs is 2. The quantitative estimate of drug-likeness (QED) is 0.721. The van der Waals surface area contributed by atoms with Crippen molar-refractivity contribution >= 4 is 5.57 Å². The van der Waals surface area contributed by atoms with Gasteiger partial charge in [-0.1, -0.05) is 0 Å². The van der Waals surface area contributed by atoms with Crippen molar-refractivity contribution in [1.82, 2.24) is 0 Å². The molecule has 0 aliphatic carbocycles. The molecule has 0 N–H and O–H groups in total. The zero-order valence-corrected chi connectivity index (χ0v) is 12.1. The first-order valence-corrected chi connectivity index (χ1v) is 6.86. The fraction of sp³-hybridized carbons (Fsp3) is 0.438. The van der Waals surface area contributed by atoms with Crippen LogP contribution in [0.5, 0.6) is 5.75 Å². The van der Waals surface area contributed by atoms with Gasteiger partial charge in [0.1, 0.15) is 5.75 Å². The summed E-state index contributed by atoms with van der Waals surface area (Å²) in [6.45, 7) is 5.83. The lowest BCUT2D eigenvalue weighted by Crippen LogP contribution is -2.35. The van der Waals surface area contributed by atoms with E-state index in [1.165, 1.54) is 0 Å². The SMILES string of the molecule is Cc1c2c(cc3c1=NC(C)(C)CC3)=C(C(F)(F)F)C=CO2. The zero-order chi connectivity index (χ0) is 15.4. The van der Waals surface area contributed by atoms with Gasteiger partial charge in [-0.3, -0.25) is 4.99 Å². The topological polar surface area (TPSA) is 21.6 Å². The second kappa shape index (κ2) is 4.36. The lowest BCUT2D eigenvalue weighted by Gasteiger charge is -2.26. The minimum absolute atomic E-state index is 0.121. The summed E-state index contributed by atoms with van der Waals surface area (Å²) in [7, 11) is 0. The zero-order valence-electron chi connectivity index (χ0n) is 12.1. The summed E-state index contributed by atoms with van der Waals surface area (Å²) in [6, 6.07) is 1.59. The molecular weight excluding hydrogens is 279 g/mol. The first kappa shape index (κ1) is 14.2. The van der Waals surface area contributed by atoms with Gasteiger partial charge in [-0.25, -0.2) is 0 Å². The molecule has 5 heteroatoms. The molecule has 0 saturated carbocycles. The van der Waals surface area contributed by atoms with Gasteiger partial charge in [-0.15, -0.1) is 0 Å². The molecule has 2 nitrogen and oxygen atoms in total. The van der Waals surface area contributed by atoms with Crippen LogP contribution in [0.4, 0.5) is 13.2 Å². The second-order valence-electron chi connectivity index (χ2n) is 6.14. The van der Waals surface area contributed by atoms with Crippen molar-refractivity contribution in [1.29, 1.82) is 0 Å². The number of benzene rings is 1. The lowest BCUT2D eigenvalue weighted by molar-refractivity contribution is -0.0693. The van der Waals surface area contributed by atoms with Crippen molar-refractivity contribution in [3.05, 3.63) is 40.1 Å². The van der Waals surface area contributed by atoms with Crippen LogP contribution in [0.25, 0.3) is 5.57 Å². The number of rotatable bonds is 0. The molecule has 0 bridgehead atoms. The molecule has 2 heterocycles. The summed E-state index contributed by atoms with van der Waals surface area (Å²) in [5.74, 6) is 0.269. The molecule has 0 aromatic heterocycles. The number of hydrogen-bond donors (Lipinski definition) is 0. The van der Waals surface area contributed by atoms with E-state index < -0.39 is 11.7 Å². The van der Waals surface area contributed by atoms with Crippen LogP contribution in [-0.2, 0) is 6.42 Å². The molecule has 2 aliphatic rings. The van der Waals surface area contributed by atoms with Gasteiger partial charge in [0.25, 0.3) is 0 Å². The Labute approximate surface area is 120 Å². The van der Waals surface area contributed by atoms with Crippen molar-refractivity contribution in [3.63, 3.8) is 0 Å². The summed E-state index contributed by atoms with van der Waals surface area (Å²) < 4.78 is 44.8. The van der Waals surface area contributed by atoms with Crippen LogP contribution >= 0.6 is 0 Å². The first-order chi connectivity index (χ1) is 9.69. The van der Waals surface area contributed by atoms with E-state index in [1.54, 1.807) is 13.0 Å². The van der Waals surface area contributed by atoms with Gasteiger partial charge in [-0.05, 0) is 51.3 Å². The van der Waals surface area contributed by atoms with E-state index in [0.29, 0.717) is 5.56 Å². The minimum Gasteiger partial charge on any atom is -0.464 e. The molecule has 112 valence electrons. The number of hydrogen-bond acceptors (Lipinski definition) is 2. The highest BCUT2D eigenvalue weighted by Crippen LogP contribution is 2.31. The van der Waals surface area contributed by atoms with E-state index in [-0.39, 0.29) is 16.5 Å². The van der Waals surface area contributed by atoms with E-state index in [1.807, 2.05) is 13.8 Å². The Morgan fingerprint density at radius 2 is 2.00 bits per heavy atom. The van der Waals surface area contributed by atoms with Gasteiger partial charge >= 0.3 is 6.18 Å². The summed E-state index contributed by atoms with van der Waals surface area (Å²) in [4.78, 5) is 4.68. The Morgan fingerprint density at radius 3 is 2.67 bits per heavy atom. The molecule has 3 rings (SSSR count). The number of halogens is 3. The monoisotopic (exact) mass is 295 g/mol. The molecule has 1 aromatic carbocycles. The van der Waals surface area contributed by atoms with Crippen molar-refractivity contribution in [2.24, 2.45) is 4.99 Å². The van der Waals surface area contributed by atoms with Crippen LogP contribution in [0.1, 0.15) is 31.4 Å². The van der Waals surface area contributed by atoms with Crippen LogP contribution in [-0.4, -0.2) is 11.7 Å². The maximum Gasteiger partial charge on any atom is 0.417 e. The molecule has 0 atom stereocenters. The molecule has 0 unspecified atom stereocenters. The van der Waals surface area contributed by atoms with Gasteiger partial charge in [0.2, 0.25) is 0 Å². The highest BCUT2D eigenvalue weighted by atomic mass is 19.4. The van der Waals surface area contributed by atoms with Gasteiger partial charge < -0.3 is 4.74 Å². The number of aryl methyl sites for hydroxylation is 1. The lowest BCUT2D eigenvalue weighted by atomic mass is 9.89. The fourth-order valence-electron chi connectivity index (χ4n) is 2.86. The van der Waals surface area contributed by atoms with Crippen molar-refractivity contribution in [2.45, 2.75) is 45.3 Å². The number of alkyl halides is 3. The summed E-state index contributed by atoms with van der Waals surface area (Å²) in [6.07, 6.45) is -0.748. The number of allylic oxidation sites excluding steroid dienone is 1. The Balaban J connectivity index is 2.40. The molecular formula is C16H16F3NO. The molecule has 2 aliphatic heterocycles. The molecule has 0 radical (unpaired) electrons. The van der Waals surface area contributed by atoms with E-state index in [9.17, 15) is 13.2 Å². The van der Waals surface area contributed by atoms with Gasteiger partial charge in [-0.2, -0.15) is 13.2 Å². The smallest absolute Gasteiger partial charge is 0.417 e. The molecule has 0 fully saturated rings. The Bertz CT molecular complexity index is 757. The van der Waals surface area contributed by atoms with Crippen LogP contribution in [0, 0.1) is 6.92 Å². The van der Waals surface area contributed by atoms with E-state index >= 15 is 0 Å². The highest BCUT2D eigenvalue weighted by molar-refractivity contribution is 5.66. The largest absolute Gasteiger partial charge is 0.464 e. The molecule has 0 spiro atoms. The average Bonchev–Trinajstić information content (AvgIpc) is 2.38. The van der Waals surface area contributed by atoms with Crippen LogP contribution in [0.15, 0.2) is 23.4 Å². The second-order valence-corrected chi connectivity index (χ2v) is 6.14. The number of ether oxygens (including phenoxy) is 1. The average molecular weight is 295 g/mol. The normalized spacial score (nSPS) is 19.4. The standard InChI is InChI=1S/C16H16F3NO/c1-9-13-10(4-6-15(2,3)20-13)8-11-12(16(17,18)19)5-7-21-14(9)11/h5,7-8H,4,6H2,1-3H3. The third-order valence-corrected chi connectivity index (χ3v) is 4.00. The minimum atomic E-state index is -4.39. The maximum atomic E-state index is 13.1. The van der Waals surface area contributed by atoms with Crippen molar-refractivity contribution < 1.29 is 17.9 Å². The van der Waals surface area contributed by atoms with Gasteiger partial charge in [0, 0.05) is 10.8 Å². The molecule has 21 heavy (non-hydrogen) atoms. The van der Waals surface area contributed by atoms with Crippen molar-refractivity contribution in [3.8, 4) is 5.75 Å². The van der Waals surface area contributed by atoms with E-state index in [0.717, 1.165) is 36.1 Å².